The number of fused-ring (bicyclic) bond motifs is 1. The van der Waals surface area contributed by atoms with Crippen molar-refractivity contribution in [3.05, 3.63) is 113 Å². The van der Waals surface area contributed by atoms with Gasteiger partial charge in [-0.3, -0.25) is 4.79 Å². The Morgan fingerprint density at radius 2 is 1.50 bits per heavy atom. The molecule has 3 fully saturated rings. The van der Waals surface area contributed by atoms with Gasteiger partial charge in [-0.05, 0) is 116 Å². The van der Waals surface area contributed by atoms with Gasteiger partial charge in [0.2, 0.25) is 0 Å². The molecule has 3 N–H and O–H groups in total. The SMILES string of the molecule is COc1ccc(NC(=O)N(Cc2ccc(OC(F)(F)F)cc2)CC2(O)CCC3C45C=CC6(C=C4C(=O)c4cccc(C(F)(F)F)c4)CC(O)CCC6(C)C5CCC32C)cc1. The van der Waals surface area contributed by atoms with Crippen LogP contribution in [0.25, 0.3) is 0 Å². The van der Waals surface area contributed by atoms with Crippen LogP contribution in [0.1, 0.15) is 80.3 Å². The lowest BCUT2D eigenvalue weighted by atomic mass is 9.32. The average molecular weight is 839 g/mol. The van der Waals surface area contributed by atoms with E-state index in [1.165, 1.54) is 36.3 Å². The molecule has 0 heterocycles. The number of ketones is 1. The molecule has 0 saturated heterocycles. The van der Waals surface area contributed by atoms with Crippen molar-refractivity contribution in [2.24, 2.45) is 33.5 Å². The van der Waals surface area contributed by atoms with Gasteiger partial charge in [-0.2, -0.15) is 13.2 Å². The molecule has 6 aliphatic rings. The average Bonchev–Trinajstić information content (AvgIpc) is 3.47. The Morgan fingerprint density at radius 3 is 2.17 bits per heavy atom. The van der Waals surface area contributed by atoms with E-state index in [-0.39, 0.29) is 36.9 Å². The van der Waals surface area contributed by atoms with Crippen LogP contribution in [0.3, 0.4) is 0 Å². The summed E-state index contributed by atoms with van der Waals surface area (Å²) in [5.74, 6) is -0.892. The second-order valence-electron chi connectivity index (χ2n) is 17.9. The molecule has 8 unspecified atom stereocenters. The second-order valence-corrected chi connectivity index (χ2v) is 17.9. The number of Topliss-reactive ketones (excluding diaryl/α,β-unsaturated/α-hetero) is 1. The number of ether oxygens (including phenoxy) is 2. The van der Waals surface area contributed by atoms with Gasteiger partial charge in [0.25, 0.3) is 0 Å². The highest BCUT2D eigenvalue weighted by atomic mass is 19.4. The normalized spacial score (nSPS) is 32.9. The molecule has 3 aromatic rings. The van der Waals surface area contributed by atoms with Crippen LogP contribution in [0.4, 0.5) is 36.8 Å². The van der Waals surface area contributed by atoms with Crippen molar-refractivity contribution in [1.29, 1.82) is 0 Å². The molecule has 60 heavy (non-hydrogen) atoms. The van der Waals surface area contributed by atoms with Gasteiger partial charge in [0, 0.05) is 39.6 Å². The van der Waals surface area contributed by atoms with Crippen LogP contribution in [0.2, 0.25) is 0 Å². The van der Waals surface area contributed by atoms with Crippen molar-refractivity contribution in [3.8, 4) is 11.5 Å². The molecular weight excluding hydrogens is 791 g/mol. The first-order valence-electron chi connectivity index (χ1n) is 20.3. The Kier molecular flexibility index (Phi) is 10.0. The summed E-state index contributed by atoms with van der Waals surface area (Å²) in [5.41, 5.74) is -4.27. The number of allylic oxidation sites excluding steroid dienone is 4. The largest absolute Gasteiger partial charge is 0.573 e. The number of aliphatic hydroxyl groups excluding tert-OH is 1. The van der Waals surface area contributed by atoms with Gasteiger partial charge in [-0.15, -0.1) is 13.2 Å². The number of hydrogen-bond acceptors (Lipinski definition) is 6. The summed E-state index contributed by atoms with van der Waals surface area (Å²) < 4.78 is 90.0. The van der Waals surface area contributed by atoms with Gasteiger partial charge in [-0.1, -0.05) is 56.3 Å². The number of anilines is 1. The highest BCUT2D eigenvalue weighted by Crippen LogP contribution is 2.78. The first-order valence-corrected chi connectivity index (χ1v) is 20.3. The monoisotopic (exact) mass is 838 g/mol. The molecule has 0 aromatic heterocycles. The summed E-state index contributed by atoms with van der Waals surface area (Å²) in [6, 6.07) is 15.7. The van der Waals surface area contributed by atoms with E-state index < -0.39 is 69.0 Å². The van der Waals surface area contributed by atoms with Crippen molar-refractivity contribution < 1.29 is 55.6 Å². The maximum Gasteiger partial charge on any atom is 0.573 e. The zero-order valence-corrected chi connectivity index (χ0v) is 33.5. The van der Waals surface area contributed by atoms with E-state index in [0.717, 1.165) is 24.3 Å². The molecule has 0 radical (unpaired) electrons. The van der Waals surface area contributed by atoms with Gasteiger partial charge in [-0.25, -0.2) is 4.79 Å². The summed E-state index contributed by atoms with van der Waals surface area (Å²) in [6.07, 6.45) is -0.731. The molecule has 9 rings (SSSR count). The van der Waals surface area contributed by atoms with Crippen molar-refractivity contribution in [1.82, 2.24) is 4.90 Å². The Balaban J connectivity index is 1.17. The molecule has 2 spiro atoms. The number of rotatable bonds is 9. The van der Waals surface area contributed by atoms with Crippen LogP contribution >= 0.6 is 0 Å². The fourth-order valence-electron chi connectivity index (χ4n) is 12.0. The fraction of sp³-hybridized carbons (Fsp3) is 0.478. The minimum Gasteiger partial charge on any atom is -0.497 e. The van der Waals surface area contributed by atoms with Crippen molar-refractivity contribution >= 4 is 17.5 Å². The fourth-order valence-corrected chi connectivity index (χ4v) is 12.0. The van der Waals surface area contributed by atoms with Crippen LogP contribution in [0.15, 0.2) is 96.6 Å². The number of carbonyl (C=O) groups excluding carboxylic acids is 2. The minimum atomic E-state index is -4.89. The van der Waals surface area contributed by atoms with Gasteiger partial charge < -0.3 is 29.9 Å². The number of halogens is 6. The summed E-state index contributed by atoms with van der Waals surface area (Å²) in [5, 5.41) is 27.0. The quantitative estimate of drug-likeness (QED) is 0.113. The van der Waals surface area contributed by atoms with Crippen LogP contribution in [-0.4, -0.2) is 58.6 Å². The van der Waals surface area contributed by atoms with Gasteiger partial charge in [0.1, 0.15) is 11.5 Å². The predicted molar refractivity (Wildman–Crippen MR) is 210 cm³/mol. The molecule has 320 valence electrons. The summed E-state index contributed by atoms with van der Waals surface area (Å²) in [7, 11) is 1.51. The number of nitrogens with zero attached hydrogens (tertiary/aromatic N) is 1. The summed E-state index contributed by atoms with van der Waals surface area (Å²) >= 11 is 0. The standard InChI is InChI=1S/C46H48F6N2O6/c1-40-18-15-32(55)24-42(40)21-22-44(35(25-42)38(56)29-5-4-6-30(23-29)45(47,48)49)36(40)16-19-41(2)37(44)17-20-43(41,58)27-54(39(57)53-31-9-13-33(59-3)14-10-31)26-28-7-11-34(12-8-28)60-46(50,51)52/h4-14,21-23,25,32,36-37,55,58H,15-20,24,26-27H2,1-3H3,(H,53,57). The van der Waals surface area contributed by atoms with E-state index >= 15 is 0 Å². The number of benzene rings is 3. The number of hydrogen-bond donors (Lipinski definition) is 3. The Bertz CT molecular complexity index is 2220. The number of alkyl halides is 6. The number of amides is 2. The highest BCUT2D eigenvalue weighted by molar-refractivity contribution is 6.10. The van der Waals surface area contributed by atoms with Gasteiger partial charge in [0.05, 0.1) is 30.9 Å². The lowest BCUT2D eigenvalue weighted by Crippen LogP contribution is -2.67. The summed E-state index contributed by atoms with van der Waals surface area (Å²) in [6.45, 7) is 3.90. The van der Waals surface area contributed by atoms with Crippen molar-refractivity contribution in [2.75, 3.05) is 19.0 Å². The third kappa shape index (κ3) is 6.78. The van der Waals surface area contributed by atoms with Crippen LogP contribution in [0, 0.1) is 33.5 Å². The van der Waals surface area contributed by atoms with Crippen molar-refractivity contribution in [2.45, 2.75) is 89.6 Å². The van der Waals surface area contributed by atoms with Gasteiger partial charge in [0.15, 0.2) is 5.78 Å². The van der Waals surface area contributed by atoms with Gasteiger partial charge >= 0.3 is 18.6 Å². The lowest BCUT2D eigenvalue weighted by molar-refractivity contribution is -0.274. The van der Waals surface area contributed by atoms with E-state index in [9.17, 15) is 46.1 Å². The molecule has 2 amide bonds. The van der Waals surface area contributed by atoms with E-state index in [2.05, 4.69) is 29.1 Å². The lowest BCUT2D eigenvalue weighted by Gasteiger charge is -2.71. The van der Waals surface area contributed by atoms with Crippen LogP contribution in [-0.2, 0) is 12.7 Å². The second kappa shape index (κ2) is 14.4. The van der Waals surface area contributed by atoms with E-state index in [0.29, 0.717) is 61.1 Å². The molecule has 8 atom stereocenters. The van der Waals surface area contributed by atoms with Crippen molar-refractivity contribution in [3.63, 3.8) is 0 Å². The molecule has 14 heteroatoms. The zero-order chi connectivity index (χ0) is 43.1. The topological polar surface area (TPSA) is 108 Å². The smallest absolute Gasteiger partial charge is 0.497 e. The van der Waals surface area contributed by atoms with E-state index in [1.54, 1.807) is 24.3 Å². The van der Waals surface area contributed by atoms with Crippen LogP contribution < -0.4 is 14.8 Å². The molecule has 8 nitrogen and oxygen atoms in total. The minimum absolute atomic E-state index is 0.0897. The number of urea groups is 1. The molecular formula is C46H48F6N2O6. The number of nitrogens with one attached hydrogen (secondary N) is 1. The molecule has 2 bridgehead atoms. The molecule has 3 aromatic carbocycles. The Morgan fingerprint density at radius 1 is 0.850 bits per heavy atom. The Labute approximate surface area is 344 Å². The maximum atomic E-state index is 14.9. The predicted octanol–water partition coefficient (Wildman–Crippen LogP) is 10.1. The summed E-state index contributed by atoms with van der Waals surface area (Å²) in [4.78, 5) is 30.5. The van der Waals surface area contributed by atoms with E-state index in [4.69, 9.17) is 4.74 Å². The molecule has 3 saturated carbocycles. The third-order valence-electron chi connectivity index (χ3n) is 15.0. The Hall–Kier alpha value is -4.82. The number of methoxy groups -OCH3 is 1. The van der Waals surface area contributed by atoms with Crippen LogP contribution in [0.5, 0.6) is 11.5 Å². The zero-order valence-electron chi connectivity index (χ0n) is 33.5. The third-order valence-corrected chi connectivity index (χ3v) is 15.0. The van der Waals surface area contributed by atoms with E-state index in [1.807, 2.05) is 13.0 Å². The first-order chi connectivity index (χ1) is 28.2. The molecule has 0 aliphatic heterocycles. The number of carbonyl (C=O) groups is 2. The maximum absolute atomic E-state index is 14.9. The highest BCUT2D eigenvalue weighted by Gasteiger charge is 2.74. The molecule has 6 aliphatic carbocycles. The first kappa shape index (κ1) is 41.9. The number of aliphatic hydroxyl groups is 2.